The summed E-state index contributed by atoms with van der Waals surface area (Å²) in [7, 11) is 5.31. The lowest BCUT2D eigenvalue weighted by molar-refractivity contribution is -0.184. The van der Waals surface area contributed by atoms with Gasteiger partial charge in [-0.1, -0.05) is 80.6 Å². The van der Waals surface area contributed by atoms with Crippen molar-refractivity contribution >= 4 is 16.8 Å². The second-order valence-electron chi connectivity index (χ2n) is 13.2. The SMILES string of the molecule is CC.COc1cc(N2CCC3(CC2)CC(C(OC)OC)C3)ccc1C1=C(c2ccccc2)CCc2cc(OCc3ccccc3)ccc21. The molecule has 4 aromatic rings. The molecule has 4 aromatic carbocycles. The molecule has 3 aliphatic rings. The Kier molecular flexibility index (Phi) is 10.9. The van der Waals surface area contributed by atoms with E-state index >= 15 is 0 Å². The number of aryl methyl sites for hydroxylation is 1. The number of hydrogen-bond donors (Lipinski definition) is 0. The van der Waals surface area contributed by atoms with Crippen molar-refractivity contribution in [2.24, 2.45) is 11.3 Å². The van der Waals surface area contributed by atoms with Crippen LogP contribution < -0.4 is 14.4 Å². The smallest absolute Gasteiger partial charge is 0.159 e. The van der Waals surface area contributed by atoms with Gasteiger partial charge >= 0.3 is 0 Å². The Morgan fingerprint density at radius 3 is 2.08 bits per heavy atom. The zero-order valence-corrected chi connectivity index (χ0v) is 29.3. The summed E-state index contributed by atoms with van der Waals surface area (Å²) in [6.45, 7) is 6.69. The number of allylic oxidation sites excluding steroid dienone is 1. The summed E-state index contributed by atoms with van der Waals surface area (Å²) in [4.78, 5) is 2.53. The van der Waals surface area contributed by atoms with Crippen molar-refractivity contribution in [1.29, 1.82) is 0 Å². The Labute approximate surface area is 287 Å². The number of benzene rings is 4. The van der Waals surface area contributed by atoms with E-state index in [1.807, 2.05) is 19.9 Å². The van der Waals surface area contributed by atoms with Crippen LogP contribution in [-0.4, -0.2) is 40.7 Å². The third-order valence-corrected chi connectivity index (χ3v) is 10.5. The molecule has 0 aromatic heterocycles. The van der Waals surface area contributed by atoms with Crippen molar-refractivity contribution in [3.63, 3.8) is 0 Å². The van der Waals surface area contributed by atoms with Gasteiger partial charge in [-0.15, -0.1) is 0 Å². The first-order valence-corrected chi connectivity index (χ1v) is 17.7. The van der Waals surface area contributed by atoms with Gasteiger partial charge in [-0.25, -0.2) is 0 Å². The second-order valence-corrected chi connectivity index (χ2v) is 13.2. The summed E-state index contributed by atoms with van der Waals surface area (Å²) in [5.74, 6) is 2.34. The minimum absolute atomic E-state index is 0.0751. The highest BCUT2D eigenvalue weighted by molar-refractivity contribution is 6.02. The number of anilines is 1. The molecule has 0 amide bonds. The summed E-state index contributed by atoms with van der Waals surface area (Å²) in [5.41, 5.74) is 10.4. The molecule has 5 heteroatoms. The predicted octanol–water partition coefficient (Wildman–Crippen LogP) is 9.82. The molecular formula is C43H51NO4. The molecule has 48 heavy (non-hydrogen) atoms. The summed E-state index contributed by atoms with van der Waals surface area (Å²) >= 11 is 0. The first kappa shape index (κ1) is 33.8. The summed E-state index contributed by atoms with van der Waals surface area (Å²) in [5, 5.41) is 0. The number of piperidine rings is 1. The largest absolute Gasteiger partial charge is 0.496 e. The first-order chi connectivity index (χ1) is 23.6. The van der Waals surface area contributed by atoms with Gasteiger partial charge in [0.05, 0.1) is 7.11 Å². The number of ether oxygens (including phenoxy) is 4. The van der Waals surface area contributed by atoms with E-state index < -0.39 is 0 Å². The molecule has 1 aliphatic heterocycles. The lowest BCUT2D eigenvalue weighted by atomic mass is 9.57. The van der Waals surface area contributed by atoms with Crippen LogP contribution in [0.1, 0.15) is 73.8 Å². The maximum absolute atomic E-state index is 6.24. The molecular weight excluding hydrogens is 594 g/mol. The maximum atomic E-state index is 6.24. The minimum atomic E-state index is -0.0751. The Morgan fingerprint density at radius 1 is 0.750 bits per heavy atom. The van der Waals surface area contributed by atoms with E-state index in [1.165, 1.54) is 64.8 Å². The highest BCUT2D eigenvalue weighted by atomic mass is 16.7. The van der Waals surface area contributed by atoms with Crippen LogP contribution in [0.5, 0.6) is 11.5 Å². The Morgan fingerprint density at radius 2 is 1.42 bits per heavy atom. The highest BCUT2D eigenvalue weighted by Gasteiger charge is 2.48. The lowest BCUT2D eigenvalue weighted by Gasteiger charge is -2.54. The Bertz CT molecular complexity index is 1660. The summed E-state index contributed by atoms with van der Waals surface area (Å²) in [6, 6.07) is 34.6. The van der Waals surface area contributed by atoms with Gasteiger partial charge in [0, 0.05) is 50.5 Å². The van der Waals surface area contributed by atoms with Crippen molar-refractivity contribution in [2.45, 2.75) is 65.3 Å². The van der Waals surface area contributed by atoms with Crippen molar-refractivity contribution in [1.82, 2.24) is 0 Å². The number of methoxy groups -OCH3 is 3. The van der Waals surface area contributed by atoms with E-state index in [0.29, 0.717) is 17.9 Å². The molecule has 0 radical (unpaired) electrons. The first-order valence-electron chi connectivity index (χ1n) is 17.7. The van der Waals surface area contributed by atoms with E-state index in [0.717, 1.165) is 43.0 Å². The van der Waals surface area contributed by atoms with Crippen LogP contribution in [0.25, 0.3) is 11.1 Å². The van der Waals surface area contributed by atoms with Crippen LogP contribution in [-0.2, 0) is 22.5 Å². The number of rotatable bonds is 10. The number of fused-ring (bicyclic) bond motifs is 1. The number of hydrogen-bond acceptors (Lipinski definition) is 5. The fraction of sp³-hybridized carbons (Fsp3) is 0.395. The topological polar surface area (TPSA) is 40.2 Å². The van der Waals surface area contributed by atoms with Crippen LogP contribution in [0.4, 0.5) is 5.69 Å². The van der Waals surface area contributed by atoms with Gasteiger partial charge in [-0.05, 0) is 102 Å². The van der Waals surface area contributed by atoms with Crippen LogP contribution in [0, 0.1) is 11.3 Å². The molecule has 0 bridgehead atoms. The van der Waals surface area contributed by atoms with Crippen LogP contribution >= 0.6 is 0 Å². The zero-order valence-electron chi connectivity index (χ0n) is 29.3. The van der Waals surface area contributed by atoms with Crippen molar-refractivity contribution in [3.05, 3.63) is 125 Å². The van der Waals surface area contributed by atoms with Gasteiger partial charge < -0.3 is 23.8 Å². The molecule has 2 aliphatic carbocycles. The molecule has 7 rings (SSSR count). The maximum Gasteiger partial charge on any atom is 0.159 e. The van der Waals surface area contributed by atoms with Gasteiger partial charge in [-0.3, -0.25) is 0 Å². The van der Waals surface area contributed by atoms with E-state index in [9.17, 15) is 0 Å². The molecule has 1 saturated carbocycles. The number of nitrogens with zero attached hydrogens (tertiary/aromatic N) is 1. The predicted molar refractivity (Wildman–Crippen MR) is 197 cm³/mol. The van der Waals surface area contributed by atoms with E-state index in [4.69, 9.17) is 18.9 Å². The van der Waals surface area contributed by atoms with Crippen molar-refractivity contribution < 1.29 is 18.9 Å². The fourth-order valence-corrected chi connectivity index (χ4v) is 8.09. The van der Waals surface area contributed by atoms with Crippen LogP contribution in [0.15, 0.2) is 97.1 Å². The quantitative estimate of drug-likeness (QED) is 0.161. The molecule has 0 atom stereocenters. The monoisotopic (exact) mass is 645 g/mol. The van der Waals surface area contributed by atoms with Gasteiger partial charge in [0.15, 0.2) is 6.29 Å². The summed E-state index contributed by atoms with van der Waals surface area (Å²) < 4.78 is 23.5. The van der Waals surface area contributed by atoms with E-state index in [2.05, 4.69) is 95.9 Å². The molecule has 2 fully saturated rings. The average Bonchev–Trinajstić information content (AvgIpc) is 3.15. The zero-order chi connectivity index (χ0) is 33.5. The molecule has 1 heterocycles. The standard InChI is InChI=1S/C41H45NO4.C2H6/c1-43-38-25-33(42-22-20-41(21-23-42)26-32(27-41)40(44-2)45-3)15-18-37(38)39-35(30-12-8-5-9-13-30)17-14-31-24-34(16-19-36(31)39)46-28-29-10-6-4-7-11-29;1-2/h4-13,15-16,18-19,24-25,32,40H,14,17,20-23,26-28H2,1-3H3;1-2H3. The third-order valence-electron chi connectivity index (χ3n) is 10.5. The molecule has 0 N–H and O–H groups in total. The molecule has 252 valence electrons. The molecule has 1 spiro atoms. The van der Waals surface area contributed by atoms with Crippen LogP contribution in [0.2, 0.25) is 0 Å². The van der Waals surface area contributed by atoms with Crippen molar-refractivity contribution in [3.8, 4) is 11.5 Å². The minimum Gasteiger partial charge on any atom is -0.496 e. The van der Waals surface area contributed by atoms with Gasteiger partial charge in [0.1, 0.15) is 18.1 Å². The fourth-order valence-electron chi connectivity index (χ4n) is 8.09. The molecule has 1 saturated heterocycles. The second kappa shape index (κ2) is 15.4. The Hall–Kier alpha value is -4.06. The van der Waals surface area contributed by atoms with Crippen LogP contribution in [0.3, 0.4) is 0 Å². The normalized spacial score (nSPS) is 17.0. The van der Waals surface area contributed by atoms with Crippen molar-refractivity contribution in [2.75, 3.05) is 39.3 Å². The van der Waals surface area contributed by atoms with Gasteiger partial charge in [-0.2, -0.15) is 0 Å². The Balaban J connectivity index is 0.00000197. The third kappa shape index (κ3) is 7.04. The van der Waals surface area contributed by atoms with E-state index in [-0.39, 0.29) is 6.29 Å². The highest BCUT2D eigenvalue weighted by Crippen LogP contribution is 2.54. The molecule has 5 nitrogen and oxygen atoms in total. The van der Waals surface area contributed by atoms with E-state index in [1.54, 1.807) is 21.3 Å². The van der Waals surface area contributed by atoms with Gasteiger partial charge in [0.25, 0.3) is 0 Å². The lowest BCUT2D eigenvalue weighted by Crippen LogP contribution is -2.50. The van der Waals surface area contributed by atoms with Gasteiger partial charge in [0.2, 0.25) is 0 Å². The molecule has 0 unspecified atom stereocenters. The summed E-state index contributed by atoms with van der Waals surface area (Å²) in [6.07, 6.45) is 6.67. The average molecular weight is 646 g/mol.